The maximum atomic E-state index is 14.2. The third-order valence-corrected chi connectivity index (χ3v) is 4.99. The highest BCUT2D eigenvalue weighted by molar-refractivity contribution is 6.02. The number of benzene rings is 1. The van der Waals surface area contributed by atoms with Gasteiger partial charge in [-0.1, -0.05) is 38.0 Å². The van der Waals surface area contributed by atoms with Crippen molar-refractivity contribution in [3.63, 3.8) is 0 Å². The number of rotatable bonds is 1. The fraction of sp³-hybridized carbons (Fsp3) is 0.529. The number of hydrogen-bond donors (Lipinski definition) is 1. The van der Waals surface area contributed by atoms with Gasteiger partial charge in [0.15, 0.2) is 0 Å². The Hall–Kier alpha value is -1.71. The first-order valence-corrected chi connectivity index (χ1v) is 7.60. The molecule has 0 radical (unpaired) electrons. The number of imide groups is 1. The molecule has 4 heteroatoms. The van der Waals surface area contributed by atoms with Crippen LogP contribution in [-0.4, -0.2) is 11.8 Å². The van der Waals surface area contributed by atoms with Gasteiger partial charge in [-0.05, 0) is 30.2 Å². The molecule has 3 atom stereocenters. The van der Waals surface area contributed by atoms with Crippen LogP contribution in [0.4, 0.5) is 4.39 Å². The maximum Gasteiger partial charge on any atom is 0.234 e. The summed E-state index contributed by atoms with van der Waals surface area (Å²) in [5.41, 5.74) is 0.0100. The smallest absolute Gasteiger partial charge is 0.234 e. The van der Waals surface area contributed by atoms with E-state index in [0.717, 1.165) is 25.7 Å². The van der Waals surface area contributed by atoms with Crippen molar-refractivity contribution in [1.82, 2.24) is 5.32 Å². The van der Waals surface area contributed by atoms with Gasteiger partial charge in [0.2, 0.25) is 11.8 Å². The van der Waals surface area contributed by atoms with Crippen LogP contribution >= 0.6 is 0 Å². The highest BCUT2D eigenvalue weighted by atomic mass is 19.1. The number of amides is 2. The lowest BCUT2D eigenvalue weighted by molar-refractivity contribution is -0.142. The Morgan fingerprint density at radius 3 is 2.76 bits per heavy atom. The molecule has 1 aliphatic heterocycles. The summed E-state index contributed by atoms with van der Waals surface area (Å²) in [7, 11) is 0. The maximum absolute atomic E-state index is 14.2. The van der Waals surface area contributed by atoms with Crippen molar-refractivity contribution < 1.29 is 14.0 Å². The highest BCUT2D eigenvalue weighted by Crippen LogP contribution is 2.53. The third kappa shape index (κ3) is 2.47. The van der Waals surface area contributed by atoms with Crippen LogP contribution in [0.15, 0.2) is 24.3 Å². The number of hydrogen-bond acceptors (Lipinski definition) is 2. The monoisotopic (exact) mass is 289 g/mol. The Morgan fingerprint density at radius 2 is 2.05 bits per heavy atom. The molecule has 0 aromatic heterocycles. The van der Waals surface area contributed by atoms with Crippen LogP contribution in [0.1, 0.15) is 50.5 Å². The molecule has 1 aliphatic carbocycles. The van der Waals surface area contributed by atoms with Crippen molar-refractivity contribution in [2.45, 2.75) is 44.9 Å². The summed E-state index contributed by atoms with van der Waals surface area (Å²) < 4.78 is 14.2. The first kappa shape index (κ1) is 14.2. The van der Waals surface area contributed by atoms with Crippen molar-refractivity contribution >= 4 is 11.8 Å². The van der Waals surface area contributed by atoms with E-state index < -0.39 is 11.3 Å². The molecule has 3 unspecified atom stereocenters. The van der Waals surface area contributed by atoms with E-state index in [2.05, 4.69) is 12.2 Å². The van der Waals surface area contributed by atoms with Gasteiger partial charge in [0, 0.05) is 12.0 Å². The molecule has 1 spiro atoms. The van der Waals surface area contributed by atoms with E-state index in [1.165, 1.54) is 6.07 Å². The van der Waals surface area contributed by atoms with E-state index in [4.69, 9.17) is 0 Å². The van der Waals surface area contributed by atoms with Crippen molar-refractivity contribution in [3.8, 4) is 0 Å². The Kier molecular flexibility index (Phi) is 3.56. The molecule has 21 heavy (non-hydrogen) atoms. The summed E-state index contributed by atoms with van der Waals surface area (Å²) in [6, 6.07) is 6.44. The fourth-order valence-corrected chi connectivity index (χ4v) is 4.26. The van der Waals surface area contributed by atoms with E-state index in [1.54, 1.807) is 18.2 Å². The van der Waals surface area contributed by atoms with Crippen LogP contribution in [-0.2, 0) is 9.59 Å². The van der Waals surface area contributed by atoms with Crippen LogP contribution in [0, 0.1) is 17.2 Å². The van der Waals surface area contributed by atoms with Crippen LogP contribution in [0.3, 0.4) is 0 Å². The predicted octanol–water partition coefficient (Wildman–Crippen LogP) is 3.15. The molecule has 1 saturated heterocycles. The standard InChI is InChI=1S/C17H20FNO2/c1-11-5-4-8-17(9-11)10-14(20)19-16(21)15(17)12-6-2-3-7-13(12)18/h2-3,6-7,11,15H,4-5,8-10H2,1H3,(H,19,20,21). The van der Waals surface area contributed by atoms with Crippen LogP contribution in [0.2, 0.25) is 0 Å². The van der Waals surface area contributed by atoms with Gasteiger partial charge in [-0.25, -0.2) is 4.39 Å². The molecule has 1 aromatic rings. The zero-order chi connectivity index (χ0) is 15.0. The molecule has 2 fully saturated rings. The lowest BCUT2D eigenvalue weighted by Gasteiger charge is -2.47. The third-order valence-electron chi connectivity index (χ3n) is 4.99. The molecule has 112 valence electrons. The summed E-state index contributed by atoms with van der Waals surface area (Å²) in [5, 5.41) is 2.40. The van der Waals surface area contributed by atoms with Crippen molar-refractivity contribution in [3.05, 3.63) is 35.6 Å². The molecule has 0 bridgehead atoms. The van der Waals surface area contributed by atoms with E-state index in [1.807, 2.05) is 0 Å². The first-order valence-electron chi connectivity index (χ1n) is 7.60. The zero-order valence-corrected chi connectivity index (χ0v) is 12.2. The largest absolute Gasteiger partial charge is 0.296 e. The van der Waals surface area contributed by atoms with E-state index >= 15 is 0 Å². The number of halogens is 1. The molecule has 1 heterocycles. The SMILES string of the molecule is CC1CCCC2(CC(=O)NC(=O)C2c2ccccc2F)C1. The van der Waals surface area contributed by atoms with Crippen LogP contribution in [0.25, 0.3) is 0 Å². The number of nitrogens with one attached hydrogen (secondary N) is 1. The molecule has 1 N–H and O–H groups in total. The van der Waals surface area contributed by atoms with Gasteiger partial charge in [-0.2, -0.15) is 0 Å². The van der Waals surface area contributed by atoms with Crippen LogP contribution < -0.4 is 5.32 Å². The van der Waals surface area contributed by atoms with Crippen molar-refractivity contribution in [2.24, 2.45) is 11.3 Å². The van der Waals surface area contributed by atoms with E-state index in [0.29, 0.717) is 17.9 Å². The van der Waals surface area contributed by atoms with Gasteiger partial charge >= 0.3 is 0 Å². The summed E-state index contributed by atoms with van der Waals surface area (Å²) in [6.45, 7) is 2.15. The summed E-state index contributed by atoms with van der Waals surface area (Å²) in [4.78, 5) is 24.3. The van der Waals surface area contributed by atoms with Gasteiger partial charge in [0.25, 0.3) is 0 Å². The second kappa shape index (κ2) is 5.24. The number of carbonyl (C=O) groups excluding carboxylic acids is 2. The van der Waals surface area contributed by atoms with Gasteiger partial charge in [0.05, 0.1) is 5.92 Å². The Labute approximate surface area is 123 Å². The Morgan fingerprint density at radius 1 is 1.29 bits per heavy atom. The van der Waals surface area contributed by atoms with Gasteiger partial charge in [0.1, 0.15) is 5.82 Å². The molecule has 2 aliphatic rings. The minimum atomic E-state index is -0.556. The van der Waals surface area contributed by atoms with Gasteiger partial charge in [-0.15, -0.1) is 0 Å². The van der Waals surface area contributed by atoms with Crippen molar-refractivity contribution in [1.29, 1.82) is 0 Å². The van der Waals surface area contributed by atoms with Gasteiger partial charge in [-0.3, -0.25) is 14.9 Å². The first-order chi connectivity index (χ1) is 10.0. The second-order valence-electron chi connectivity index (χ2n) is 6.61. The molecular formula is C17H20FNO2. The lowest BCUT2D eigenvalue weighted by atomic mass is 9.58. The normalized spacial score (nSPS) is 33.0. The van der Waals surface area contributed by atoms with Crippen LogP contribution in [0.5, 0.6) is 0 Å². The molecule has 1 aromatic carbocycles. The zero-order valence-electron chi connectivity index (χ0n) is 12.2. The molecule has 1 saturated carbocycles. The highest BCUT2D eigenvalue weighted by Gasteiger charge is 2.51. The van der Waals surface area contributed by atoms with E-state index in [-0.39, 0.29) is 17.6 Å². The number of piperidine rings is 1. The summed E-state index contributed by atoms with van der Waals surface area (Å²) in [6.07, 6.45) is 4.05. The summed E-state index contributed by atoms with van der Waals surface area (Å²) in [5.74, 6) is -1.01. The quantitative estimate of drug-likeness (QED) is 0.807. The molecule has 2 amide bonds. The lowest BCUT2D eigenvalue weighted by Crippen LogP contribution is -2.52. The predicted molar refractivity (Wildman–Crippen MR) is 77.0 cm³/mol. The Bertz CT molecular complexity index is 586. The molecular weight excluding hydrogens is 269 g/mol. The van der Waals surface area contributed by atoms with E-state index in [9.17, 15) is 14.0 Å². The average Bonchev–Trinajstić information content (AvgIpc) is 2.39. The van der Waals surface area contributed by atoms with Crippen molar-refractivity contribution in [2.75, 3.05) is 0 Å². The fourth-order valence-electron chi connectivity index (χ4n) is 4.26. The van der Waals surface area contributed by atoms with Gasteiger partial charge < -0.3 is 0 Å². The number of carbonyl (C=O) groups is 2. The second-order valence-corrected chi connectivity index (χ2v) is 6.61. The minimum Gasteiger partial charge on any atom is -0.296 e. The summed E-state index contributed by atoms with van der Waals surface area (Å²) >= 11 is 0. The minimum absolute atomic E-state index is 0.221. The molecule has 3 rings (SSSR count). The average molecular weight is 289 g/mol. The molecule has 3 nitrogen and oxygen atoms in total. The Balaban J connectivity index is 2.07. The topological polar surface area (TPSA) is 46.2 Å².